The Bertz CT molecular complexity index is 3520. The maximum absolute atomic E-state index is 6.54. The molecule has 0 saturated heterocycles. The van der Waals surface area contributed by atoms with Gasteiger partial charge in [-0.2, -0.15) is 0 Å². The maximum Gasteiger partial charge on any atom is 0.160 e. The van der Waals surface area contributed by atoms with Crippen molar-refractivity contribution in [2.45, 2.75) is 0 Å². The monoisotopic (exact) mass is 745 g/mol. The number of para-hydroxylation sites is 2. The Morgan fingerprint density at radius 2 is 1.14 bits per heavy atom. The molecule has 12 aromatic rings. The van der Waals surface area contributed by atoms with E-state index in [0.29, 0.717) is 5.82 Å². The Hall–Kier alpha value is -7.34. The summed E-state index contributed by atoms with van der Waals surface area (Å²) in [6, 6.07) is 66.5. The molecule has 0 amide bonds. The minimum absolute atomic E-state index is 0.684. The number of rotatable bonds is 5. The van der Waals surface area contributed by atoms with Crippen LogP contribution in [0.1, 0.15) is 0 Å². The van der Waals surface area contributed by atoms with Gasteiger partial charge in [0.15, 0.2) is 5.82 Å². The van der Waals surface area contributed by atoms with Crippen LogP contribution >= 0.6 is 11.3 Å². The molecule has 8 aromatic carbocycles. The molecular formula is C52H31N3OS. The number of furan rings is 1. The highest BCUT2D eigenvalue weighted by atomic mass is 32.1. The average Bonchev–Trinajstić information content (AvgIpc) is 3.96. The van der Waals surface area contributed by atoms with Crippen molar-refractivity contribution in [3.63, 3.8) is 0 Å². The summed E-state index contributed by atoms with van der Waals surface area (Å²) in [7, 11) is 0. The highest BCUT2D eigenvalue weighted by Gasteiger charge is 2.20. The number of hydrogen-bond donors (Lipinski definition) is 0. The zero-order valence-electron chi connectivity index (χ0n) is 30.6. The highest BCUT2D eigenvalue weighted by Crippen LogP contribution is 2.42. The molecule has 0 saturated carbocycles. The number of fused-ring (bicyclic) bond motifs is 10. The lowest BCUT2D eigenvalue weighted by atomic mass is 10.00. The minimum atomic E-state index is 0.684. The predicted molar refractivity (Wildman–Crippen MR) is 238 cm³/mol. The van der Waals surface area contributed by atoms with Crippen LogP contribution in [0.2, 0.25) is 0 Å². The molecule has 4 nitrogen and oxygen atoms in total. The highest BCUT2D eigenvalue weighted by molar-refractivity contribution is 7.26. The Morgan fingerprint density at radius 3 is 2.04 bits per heavy atom. The second-order valence-corrected chi connectivity index (χ2v) is 15.6. The fourth-order valence-corrected chi connectivity index (χ4v) is 9.80. The van der Waals surface area contributed by atoms with Crippen LogP contribution in [0.4, 0.5) is 0 Å². The van der Waals surface area contributed by atoms with Gasteiger partial charge in [0.2, 0.25) is 0 Å². The van der Waals surface area contributed by atoms with Crippen molar-refractivity contribution in [1.82, 2.24) is 14.5 Å². The van der Waals surface area contributed by atoms with Gasteiger partial charge in [-0.25, -0.2) is 9.97 Å². The van der Waals surface area contributed by atoms with Gasteiger partial charge < -0.3 is 8.98 Å². The molecule has 0 aliphatic rings. The Labute approximate surface area is 331 Å². The predicted octanol–water partition coefficient (Wildman–Crippen LogP) is 14.5. The normalized spacial score (nSPS) is 11.9. The van der Waals surface area contributed by atoms with Crippen molar-refractivity contribution in [2.24, 2.45) is 0 Å². The van der Waals surface area contributed by atoms with E-state index in [1.807, 2.05) is 23.5 Å². The summed E-state index contributed by atoms with van der Waals surface area (Å²) < 4.78 is 11.4. The Balaban J connectivity index is 1.03. The van der Waals surface area contributed by atoms with E-state index in [0.717, 1.165) is 83.1 Å². The van der Waals surface area contributed by atoms with Gasteiger partial charge >= 0.3 is 0 Å². The average molecular weight is 746 g/mol. The Morgan fingerprint density at radius 1 is 0.439 bits per heavy atom. The second kappa shape index (κ2) is 12.6. The first kappa shape index (κ1) is 32.0. The molecule has 12 rings (SSSR count). The number of nitrogens with zero attached hydrogens (tertiary/aromatic N) is 3. The number of aromatic nitrogens is 3. The minimum Gasteiger partial charge on any atom is -0.455 e. The van der Waals surface area contributed by atoms with E-state index in [2.05, 4.69) is 180 Å². The lowest BCUT2D eigenvalue weighted by molar-refractivity contribution is 0.673. The number of benzene rings is 8. The molecule has 4 heterocycles. The first-order valence-electron chi connectivity index (χ1n) is 19.1. The van der Waals surface area contributed by atoms with Crippen LogP contribution in [0.15, 0.2) is 192 Å². The van der Waals surface area contributed by atoms with Crippen molar-refractivity contribution < 1.29 is 4.42 Å². The molecule has 4 aromatic heterocycles. The number of hydrogen-bond acceptors (Lipinski definition) is 4. The van der Waals surface area contributed by atoms with Gasteiger partial charge in [-0.05, 0) is 77.9 Å². The largest absolute Gasteiger partial charge is 0.455 e. The van der Waals surface area contributed by atoms with E-state index in [4.69, 9.17) is 14.4 Å². The summed E-state index contributed by atoms with van der Waals surface area (Å²) in [5.74, 6) is 0.684. The molecule has 266 valence electrons. The van der Waals surface area contributed by atoms with Gasteiger partial charge in [0.05, 0.1) is 27.8 Å². The van der Waals surface area contributed by atoms with Crippen LogP contribution in [-0.2, 0) is 0 Å². The molecule has 0 bridgehead atoms. The van der Waals surface area contributed by atoms with E-state index in [1.54, 1.807) is 0 Å². The third-order valence-electron chi connectivity index (χ3n) is 11.2. The van der Waals surface area contributed by atoms with Gasteiger partial charge in [0.25, 0.3) is 0 Å². The number of thiophene rings is 1. The van der Waals surface area contributed by atoms with E-state index < -0.39 is 0 Å². The first-order valence-corrected chi connectivity index (χ1v) is 20.0. The van der Waals surface area contributed by atoms with E-state index in [-0.39, 0.29) is 0 Å². The third kappa shape index (κ3) is 5.06. The molecule has 0 N–H and O–H groups in total. The molecule has 57 heavy (non-hydrogen) atoms. The SMILES string of the molecule is c1ccc(-c2cccc(-c3cc(-c4cccc5c4sc4ccccc45)nc(-c4ccc(-n5c6ccccc6c6c7oc8ccccc8c7ccc65)cc4)n3)c2)cc1. The fourth-order valence-electron chi connectivity index (χ4n) is 8.57. The summed E-state index contributed by atoms with van der Waals surface area (Å²) in [5, 5.41) is 7.06. The zero-order valence-corrected chi connectivity index (χ0v) is 31.4. The van der Waals surface area contributed by atoms with E-state index in [1.165, 1.54) is 25.7 Å². The zero-order chi connectivity index (χ0) is 37.5. The standard InChI is InChI=1S/C52H31N3OS/c1-2-12-32(13-3-1)34-14-10-15-35(30-34)43-31-44(41-20-11-19-40-38-17-6-9-23-48(38)57-51(40)41)54-52(53-43)33-24-26-36(27-25-33)55-45-21-7-4-18-42(45)49-46(55)29-28-39-37-16-5-8-22-47(37)56-50(39)49/h1-31H. The van der Waals surface area contributed by atoms with Crippen LogP contribution in [0, 0.1) is 0 Å². The van der Waals surface area contributed by atoms with E-state index in [9.17, 15) is 0 Å². The second-order valence-electron chi connectivity index (χ2n) is 14.5. The molecular weight excluding hydrogens is 715 g/mol. The molecule has 0 radical (unpaired) electrons. The van der Waals surface area contributed by atoms with Crippen LogP contribution in [0.3, 0.4) is 0 Å². The van der Waals surface area contributed by atoms with Gasteiger partial charge in [0.1, 0.15) is 11.2 Å². The third-order valence-corrected chi connectivity index (χ3v) is 12.5. The van der Waals surface area contributed by atoms with Crippen molar-refractivity contribution >= 4 is 75.3 Å². The van der Waals surface area contributed by atoms with Crippen molar-refractivity contribution in [3.05, 3.63) is 188 Å². The molecule has 0 aliphatic heterocycles. The topological polar surface area (TPSA) is 43.9 Å². The molecule has 0 spiro atoms. The van der Waals surface area contributed by atoms with Gasteiger partial charge in [-0.1, -0.05) is 121 Å². The van der Waals surface area contributed by atoms with Crippen LogP contribution in [0.5, 0.6) is 0 Å². The van der Waals surface area contributed by atoms with Gasteiger partial charge in [-0.3, -0.25) is 0 Å². The molecule has 0 unspecified atom stereocenters. The first-order chi connectivity index (χ1) is 28.2. The quantitative estimate of drug-likeness (QED) is 0.176. The maximum atomic E-state index is 6.54. The summed E-state index contributed by atoms with van der Waals surface area (Å²) in [4.78, 5) is 10.6. The summed E-state index contributed by atoms with van der Waals surface area (Å²) in [5.41, 5.74) is 12.3. The summed E-state index contributed by atoms with van der Waals surface area (Å²) in [6.45, 7) is 0. The van der Waals surface area contributed by atoms with Crippen LogP contribution in [-0.4, -0.2) is 14.5 Å². The summed E-state index contributed by atoms with van der Waals surface area (Å²) in [6.07, 6.45) is 0. The van der Waals surface area contributed by atoms with Gasteiger partial charge in [0, 0.05) is 58.7 Å². The van der Waals surface area contributed by atoms with Crippen LogP contribution < -0.4 is 0 Å². The summed E-state index contributed by atoms with van der Waals surface area (Å²) >= 11 is 1.82. The molecule has 0 fully saturated rings. The van der Waals surface area contributed by atoms with Crippen LogP contribution in [0.25, 0.3) is 115 Å². The molecule has 0 atom stereocenters. The lowest BCUT2D eigenvalue weighted by Crippen LogP contribution is -1.97. The fraction of sp³-hybridized carbons (Fsp3) is 0. The van der Waals surface area contributed by atoms with Crippen molar-refractivity contribution in [3.8, 4) is 50.7 Å². The Kier molecular flexibility index (Phi) is 7.06. The molecule has 0 aliphatic carbocycles. The van der Waals surface area contributed by atoms with E-state index >= 15 is 0 Å². The van der Waals surface area contributed by atoms with Crippen molar-refractivity contribution in [1.29, 1.82) is 0 Å². The molecule has 5 heteroatoms. The lowest BCUT2D eigenvalue weighted by Gasteiger charge is -2.12. The van der Waals surface area contributed by atoms with Crippen molar-refractivity contribution in [2.75, 3.05) is 0 Å². The van der Waals surface area contributed by atoms with Gasteiger partial charge in [-0.15, -0.1) is 11.3 Å². The smallest absolute Gasteiger partial charge is 0.160 e.